The number of hydrogen-bond donors (Lipinski definition) is 2. The first kappa shape index (κ1) is 21.5. The molecule has 1 aliphatic heterocycles. The molecule has 0 spiro atoms. The van der Waals surface area contributed by atoms with Crippen molar-refractivity contribution in [2.45, 2.75) is 6.42 Å². The Morgan fingerprint density at radius 3 is 2.32 bits per heavy atom. The zero-order valence-corrected chi connectivity index (χ0v) is 15.7. The molecule has 0 aliphatic carbocycles. The molecule has 136 valence electrons. The van der Waals surface area contributed by atoms with E-state index in [2.05, 4.69) is 33.7 Å². The van der Waals surface area contributed by atoms with Crippen molar-refractivity contribution in [3.05, 3.63) is 65.7 Å². The van der Waals surface area contributed by atoms with E-state index in [-0.39, 0.29) is 30.7 Å². The van der Waals surface area contributed by atoms with E-state index in [0.717, 1.165) is 43.9 Å². The van der Waals surface area contributed by atoms with Crippen molar-refractivity contribution in [2.24, 2.45) is 0 Å². The number of halogens is 2. The predicted octanol–water partition coefficient (Wildman–Crippen LogP) is 2.96. The van der Waals surface area contributed by atoms with Crippen molar-refractivity contribution in [3.63, 3.8) is 0 Å². The molecule has 2 aromatic rings. The molecule has 0 unspecified atom stereocenters. The number of carbonyl (C=O) groups is 1. The van der Waals surface area contributed by atoms with Crippen molar-refractivity contribution in [2.75, 3.05) is 38.0 Å². The minimum atomic E-state index is 0. The van der Waals surface area contributed by atoms with Gasteiger partial charge in [-0.05, 0) is 23.6 Å². The van der Waals surface area contributed by atoms with Crippen LogP contribution in [-0.2, 0) is 11.2 Å². The summed E-state index contributed by atoms with van der Waals surface area (Å²) in [6.45, 7) is 4.23. The quantitative estimate of drug-likeness (QED) is 0.836. The summed E-state index contributed by atoms with van der Waals surface area (Å²) < 4.78 is 0. The van der Waals surface area contributed by atoms with Crippen LogP contribution >= 0.6 is 24.8 Å². The van der Waals surface area contributed by atoms with Gasteiger partial charge >= 0.3 is 0 Å². The van der Waals surface area contributed by atoms with E-state index in [1.54, 1.807) is 0 Å². The maximum absolute atomic E-state index is 12.3. The summed E-state index contributed by atoms with van der Waals surface area (Å²) in [5, 5.41) is 6.38. The molecule has 2 N–H and O–H groups in total. The second-order valence-corrected chi connectivity index (χ2v) is 5.89. The Morgan fingerprint density at radius 2 is 1.60 bits per heavy atom. The van der Waals surface area contributed by atoms with Crippen LogP contribution < -0.4 is 10.6 Å². The molecule has 1 fully saturated rings. The van der Waals surface area contributed by atoms with E-state index in [1.807, 2.05) is 36.4 Å². The molecule has 3 rings (SSSR count). The first-order chi connectivity index (χ1) is 11.3. The molecular weight excluding hydrogens is 357 g/mol. The maximum atomic E-state index is 12.3. The third-order valence-corrected chi connectivity index (χ3v) is 4.11. The standard InChI is InChI=1S/C19H23N3O.2ClH/c23-19(15-22-12-10-20-11-13-22)21-18-9-5-4-8-17(18)14-16-6-2-1-3-7-16;;/h1-9,20H,10-15H2,(H,21,23);2*1H. The third-order valence-electron chi connectivity index (χ3n) is 4.11. The number of amides is 1. The van der Waals surface area contributed by atoms with Gasteiger partial charge in [0, 0.05) is 31.9 Å². The van der Waals surface area contributed by atoms with Crippen LogP contribution in [0.15, 0.2) is 54.6 Å². The predicted molar refractivity (Wildman–Crippen MR) is 108 cm³/mol. The van der Waals surface area contributed by atoms with Crippen LogP contribution in [-0.4, -0.2) is 43.5 Å². The van der Waals surface area contributed by atoms with Gasteiger partial charge in [-0.15, -0.1) is 24.8 Å². The second-order valence-electron chi connectivity index (χ2n) is 5.89. The lowest BCUT2D eigenvalue weighted by molar-refractivity contribution is -0.117. The normalized spacial score (nSPS) is 14.1. The largest absolute Gasteiger partial charge is 0.325 e. The molecule has 1 saturated heterocycles. The van der Waals surface area contributed by atoms with Gasteiger partial charge in [-0.25, -0.2) is 0 Å². The second kappa shape index (κ2) is 11.1. The van der Waals surface area contributed by atoms with E-state index < -0.39 is 0 Å². The lowest BCUT2D eigenvalue weighted by Gasteiger charge is -2.26. The Morgan fingerprint density at radius 1 is 0.960 bits per heavy atom. The molecule has 0 saturated carbocycles. The van der Waals surface area contributed by atoms with Crippen LogP contribution in [0.3, 0.4) is 0 Å². The number of nitrogens with zero attached hydrogens (tertiary/aromatic N) is 1. The summed E-state index contributed by atoms with van der Waals surface area (Å²) in [4.78, 5) is 14.5. The fourth-order valence-electron chi connectivity index (χ4n) is 2.87. The van der Waals surface area contributed by atoms with Crippen molar-refractivity contribution >= 4 is 36.4 Å². The summed E-state index contributed by atoms with van der Waals surface area (Å²) in [5.74, 6) is 0.0624. The zero-order valence-electron chi connectivity index (χ0n) is 14.1. The number of rotatable bonds is 5. The van der Waals surface area contributed by atoms with Gasteiger partial charge in [0.05, 0.1) is 6.54 Å². The van der Waals surface area contributed by atoms with Crippen molar-refractivity contribution < 1.29 is 4.79 Å². The number of nitrogens with one attached hydrogen (secondary N) is 2. The van der Waals surface area contributed by atoms with Crippen molar-refractivity contribution in [1.82, 2.24) is 10.2 Å². The van der Waals surface area contributed by atoms with Crippen LogP contribution in [0, 0.1) is 0 Å². The molecule has 0 radical (unpaired) electrons. The van der Waals surface area contributed by atoms with E-state index in [9.17, 15) is 4.79 Å². The summed E-state index contributed by atoms with van der Waals surface area (Å²) in [6.07, 6.45) is 0.824. The van der Waals surface area contributed by atoms with Gasteiger partial charge in [0.2, 0.25) is 5.91 Å². The molecule has 2 aromatic carbocycles. The lowest BCUT2D eigenvalue weighted by atomic mass is 10.0. The number of piperazine rings is 1. The van der Waals surface area contributed by atoms with E-state index in [4.69, 9.17) is 0 Å². The van der Waals surface area contributed by atoms with Crippen LogP contribution in [0.5, 0.6) is 0 Å². The monoisotopic (exact) mass is 381 g/mol. The Balaban J connectivity index is 0.00000156. The van der Waals surface area contributed by atoms with Crippen LogP contribution in [0.1, 0.15) is 11.1 Å². The Kier molecular flexibility index (Phi) is 9.53. The average Bonchev–Trinajstić information content (AvgIpc) is 2.58. The van der Waals surface area contributed by atoms with Crippen LogP contribution in [0.4, 0.5) is 5.69 Å². The highest BCUT2D eigenvalue weighted by Gasteiger charge is 2.14. The van der Waals surface area contributed by atoms with E-state index in [0.29, 0.717) is 6.54 Å². The van der Waals surface area contributed by atoms with Gasteiger partial charge in [0.1, 0.15) is 0 Å². The number of anilines is 1. The lowest BCUT2D eigenvalue weighted by Crippen LogP contribution is -2.46. The van der Waals surface area contributed by atoms with Gasteiger partial charge in [-0.3, -0.25) is 9.69 Å². The minimum Gasteiger partial charge on any atom is -0.325 e. The number of carbonyl (C=O) groups excluding carboxylic acids is 1. The SMILES string of the molecule is Cl.Cl.O=C(CN1CCNCC1)Nc1ccccc1Cc1ccccc1. The van der Waals surface area contributed by atoms with Gasteiger partial charge in [-0.1, -0.05) is 48.5 Å². The first-order valence-electron chi connectivity index (χ1n) is 8.16. The fourth-order valence-corrected chi connectivity index (χ4v) is 2.87. The summed E-state index contributed by atoms with van der Waals surface area (Å²) in [5.41, 5.74) is 3.31. The van der Waals surface area contributed by atoms with Gasteiger partial charge in [-0.2, -0.15) is 0 Å². The number of para-hydroxylation sites is 1. The maximum Gasteiger partial charge on any atom is 0.238 e. The molecule has 6 heteroatoms. The molecule has 0 bridgehead atoms. The molecular formula is C19H25Cl2N3O. The Bertz CT molecular complexity index is 646. The third kappa shape index (κ3) is 6.67. The smallest absolute Gasteiger partial charge is 0.238 e. The zero-order chi connectivity index (χ0) is 15.9. The number of hydrogen-bond acceptors (Lipinski definition) is 3. The van der Waals surface area contributed by atoms with Crippen molar-refractivity contribution in [1.29, 1.82) is 0 Å². The topological polar surface area (TPSA) is 44.4 Å². The molecule has 0 aromatic heterocycles. The minimum absolute atomic E-state index is 0. The van der Waals surface area contributed by atoms with Gasteiger partial charge < -0.3 is 10.6 Å². The van der Waals surface area contributed by atoms with Gasteiger partial charge in [0.25, 0.3) is 0 Å². The average molecular weight is 382 g/mol. The highest BCUT2D eigenvalue weighted by atomic mass is 35.5. The highest BCUT2D eigenvalue weighted by molar-refractivity contribution is 5.93. The van der Waals surface area contributed by atoms with E-state index >= 15 is 0 Å². The van der Waals surface area contributed by atoms with Crippen LogP contribution in [0.2, 0.25) is 0 Å². The molecule has 1 amide bonds. The Hall–Kier alpha value is -1.59. The summed E-state index contributed by atoms with van der Waals surface area (Å²) in [7, 11) is 0. The van der Waals surface area contributed by atoms with Crippen molar-refractivity contribution in [3.8, 4) is 0 Å². The summed E-state index contributed by atoms with van der Waals surface area (Å²) in [6, 6.07) is 18.4. The molecule has 4 nitrogen and oxygen atoms in total. The Labute approximate surface area is 161 Å². The molecule has 1 heterocycles. The summed E-state index contributed by atoms with van der Waals surface area (Å²) >= 11 is 0. The fraction of sp³-hybridized carbons (Fsp3) is 0.316. The molecule has 25 heavy (non-hydrogen) atoms. The van der Waals surface area contributed by atoms with Gasteiger partial charge in [0.15, 0.2) is 0 Å². The molecule has 1 aliphatic rings. The first-order valence-corrected chi connectivity index (χ1v) is 8.16. The van der Waals surface area contributed by atoms with E-state index in [1.165, 1.54) is 5.56 Å². The molecule has 0 atom stereocenters. The highest BCUT2D eigenvalue weighted by Crippen LogP contribution is 2.19. The van der Waals surface area contributed by atoms with Crippen LogP contribution in [0.25, 0.3) is 0 Å². The number of benzene rings is 2.